The monoisotopic (exact) mass is 438 g/mol. The molecule has 4 aliphatic rings. The summed E-state index contributed by atoms with van der Waals surface area (Å²) in [5, 5.41) is 0. The highest BCUT2D eigenvalue weighted by atomic mass is 16.6. The van der Waals surface area contributed by atoms with E-state index < -0.39 is 0 Å². The molecule has 2 aliphatic carbocycles. The molecule has 0 bridgehead atoms. The van der Waals surface area contributed by atoms with Gasteiger partial charge < -0.3 is 14.4 Å². The highest BCUT2D eigenvalue weighted by Crippen LogP contribution is 2.55. The van der Waals surface area contributed by atoms with E-state index in [1.807, 2.05) is 12.1 Å². The van der Waals surface area contributed by atoms with Gasteiger partial charge in [-0.15, -0.1) is 0 Å². The minimum Gasteiger partial charge on any atom is -0.497 e. The van der Waals surface area contributed by atoms with Crippen LogP contribution >= 0.6 is 0 Å². The molecule has 5 rings (SSSR count). The van der Waals surface area contributed by atoms with Crippen LogP contribution in [-0.4, -0.2) is 56.3 Å². The number of esters is 1. The van der Waals surface area contributed by atoms with E-state index in [9.17, 15) is 4.79 Å². The molecular weight excluding hydrogens is 400 g/mol. The third-order valence-electron chi connectivity index (χ3n) is 8.75. The van der Waals surface area contributed by atoms with Crippen LogP contribution in [0.5, 0.6) is 5.75 Å². The molecule has 1 saturated carbocycles. The molecule has 1 aromatic carbocycles. The Morgan fingerprint density at radius 2 is 2.00 bits per heavy atom. The highest BCUT2D eigenvalue weighted by molar-refractivity contribution is 5.76. The third kappa shape index (κ3) is 3.83. The number of benzene rings is 1. The molecule has 5 heteroatoms. The average Bonchev–Trinajstić information content (AvgIpc) is 3.06. The summed E-state index contributed by atoms with van der Waals surface area (Å²) in [5.74, 6) is 1.31. The maximum atomic E-state index is 12.9. The minimum atomic E-state index is 0.0199. The number of rotatable bonds is 4. The number of carbonyl (C=O) groups is 1. The summed E-state index contributed by atoms with van der Waals surface area (Å²) in [6.45, 7) is 10.8. The number of hydrogen-bond acceptors (Lipinski definition) is 5. The molecule has 0 aromatic heterocycles. The van der Waals surface area contributed by atoms with Crippen molar-refractivity contribution >= 4 is 11.7 Å². The summed E-state index contributed by atoms with van der Waals surface area (Å²) >= 11 is 0. The van der Waals surface area contributed by atoms with Crippen molar-refractivity contribution in [2.24, 2.45) is 17.3 Å². The SMILES string of the molecule is COc1ccc(N2CCN(CC3C(=O)O[C@@H]4C[C@@]5(C)CCCC(C)=C5C[C@H]34)CC2C)cc1. The second kappa shape index (κ2) is 8.40. The van der Waals surface area contributed by atoms with Gasteiger partial charge in [0.1, 0.15) is 11.9 Å². The third-order valence-corrected chi connectivity index (χ3v) is 8.75. The Hall–Kier alpha value is -2.01. The maximum Gasteiger partial charge on any atom is 0.310 e. The predicted octanol–water partition coefficient (Wildman–Crippen LogP) is 4.66. The van der Waals surface area contributed by atoms with Gasteiger partial charge in [-0.2, -0.15) is 0 Å². The zero-order chi connectivity index (χ0) is 22.5. The highest BCUT2D eigenvalue weighted by Gasteiger charge is 2.53. The number of anilines is 1. The lowest BCUT2D eigenvalue weighted by Gasteiger charge is -2.46. The topological polar surface area (TPSA) is 42.0 Å². The standard InChI is InChI=1S/C27H38N2O3/c1-18-6-5-11-27(3)15-25-22(14-24(18)27)23(26(30)32-25)17-28-12-13-29(19(2)16-28)20-7-9-21(31-4)10-8-20/h7-10,19,22-23,25H,5-6,11-17H2,1-4H3/t19?,22-,23?,25-,27-/m1/s1. The second-order valence-electron chi connectivity index (χ2n) is 10.8. The number of piperazine rings is 1. The number of nitrogens with zero attached hydrogens (tertiary/aromatic N) is 2. The van der Waals surface area contributed by atoms with E-state index in [1.54, 1.807) is 18.3 Å². The lowest BCUT2D eigenvalue weighted by atomic mass is 9.59. The van der Waals surface area contributed by atoms with Crippen LogP contribution in [0.2, 0.25) is 0 Å². The Morgan fingerprint density at radius 1 is 1.22 bits per heavy atom. The Bertz CT molecular complexity index is 895. The van der Waals surface area contributed by atoms with Gasteiger partial charge in [-0.3, -0.25) is 9.69 Å². The average molecular weight is 439 g/mol. The van der Waals surface area contributed by atoms with Gasteiger partial charge in [0.05, 0.1) is 13.0 Å². The minimum absolute atomic E-state index is 0.0199. The molecule has 2 unspecified atom stereocenters. The number of fused-ring (bicyclic) bond motifs is 2. The summed E-state index contributed by atoms with van der Waals surface area (Å²) in [6, 6.07) is 8.75. The zero-order valence-electron chi connectivity index (χ0n) is 20.1. The van der Waals surface area contributed by atoms with Crippen molar-refractivity contribution < 1.29 is 14.3 Å². The second-order valence-corrected chi connectivity index (χ2v) is 10.8. The smallest absolute Gasteiger partial charge is 0.310 e. The van der Waals surface area contributed by atoms with Crippen molar-refractivity contribution in [3.63, 3.8) is 0 Å². The van der Waals surface area contributed by atoms with Crippen molar-refractivity contribution in [1.82, 2.24) is 4.90 Å². The molecule has 5 nitrogen and oxygen atoms in total. The first-order valence-electron chi connectivity index (χ1n) is 12.4. The van der Waals surface area contributed by atoms with Gasteiger partial charge in [0.25, 0.3) is 0 Å². The van der Waals surface area contributed by atoms with E-state index in [-0.39, 0.29) is 23.4 Å². The van der Waals surface area contributed by atoms with Crippen LogP contribution in [0, 0.1) is 17.3 Å². The quantitative estimate of drug-likeness (QED) is 0.505. The molecule has 0 spiro atoms. The molecular formula is C27H38N2O3. The molecule has 0 N–H and O–H groups in total. The molecule has 2 aliphatic heterocycles. The molecule has 3 fully saturated rings. The molecule has 2 heterocycles. The van der Waals surface area contributed by atoms with Gasteiger partial charge in [0.15, 0.2) is 0 Å². The Kier molecular flexibility index (Phi) is 5.73. The fraction of sp³-hybridized carbons (Fsp3) is 0.667. The number of hydrogen-bond donors (Lipinski definition) is 0. The molecule has 32 heavy (non-hydrogen) atoms. The van der Waals surface area contributed by atoms with E-state index >= 15 is 0 Å². The van der Waals surface area contributed by atoms with E-state index in [0.29, 0.717) is 12.0 Å². The van der Waals surface area contributed by atoms with Crippen LogP contribution in [0.15, 0.2) is 35.4 Å². The maximum absolute atomic E-state index is 12.9. The Morgan fingerprint density at radius 3 is 2.72 bits per heavy atom. The normalized spacial score (nSPS) is 35.4. The lowest BCUT2D eigenvalue weighted by molar-refractivity contribution is -0.145. The molecule has 174 valence electrons. The largest absolute Gasteiger partial charge is 0.497 e. The first-order chi connectivity index (χ1) is 15.4. The van der Waals surface area contributed by atoms with Crippen LogP contribution in [0.3, 0.4) is 0 Å². The van der Waals surface area contributed by atoms with Crippen LogP contribution in [0.1, 0.15) is 52.9 Å². The fourth-order valence-electron chi connectivity index (χ4n) is 6.96. The van der Waals surface area contributed by atoms with Crippen LogP contribution in [-0.2, 0) is 9.53 Å². The van der Waals surface area contributed by atoms with Gasteiger partial charge >= 0.3 is 5.97 Å². The summed E-state index contributed by atoms with van der Waals surface area (Å²) in [4.78, 5) is 17.9. The number of methoxy groups -OCH3 is 1. The Labute approximate surface area is 192 Å². The van der Waals surface area contributed by atoms with E-state index in [0.717, 1.165) is 44.8 Å². The fourth-order valence-corrected chi connectivity index (χ4v) is 6.96. The van der Waals surface area contributed by atoms with Crippen molar-refractivity contribution in [3.05, 3.63) is 35.4 Å². The summed E-state index contributed by atoms with van der Waals surface area (Å²) in [6.07, 6.45) is 5.95. The summed E-state index contributed by atoms with van der Waals surface area (Å²) in [5.41, 5.74) is 4.71. The molecule has 2 saturated heterocycles. The van der Waals surface area contributed by atoms with Crippen LogP contribution in [0.4, 0.5) is 5.69 Å². The van der Waals surface area contributed by atoms with Gasteiger partial charge in [0, 0.05) is 43.8 Å². The van der Waals surface area contributed by atoms with Gasteiger partial charge in [-0.25, -0.2) is 0 Å². The first-order valence-corrected chi connectivity index (χ1v) is 12.4. The molecule has 1 aromatic rings. The molecule has 0 amide bonds. The van der Waals surface area contributed by atoms with Crippen LogP contribution in [0.25, 0.3) is 0 Å². The number of carbonyl (C=O) groups excluding carboxylic acids is 1. The first kappa shape index (κ1) is 21.8. The van der Waals surface area contributed by atoms with Gasteiger partial charge in [0.2, 0.25) is 0 Å². The Balaban J connectivity index is 1.25. The van der Waals surface area contributed by atoms with E-state index in [1.165, 1.54) is 24.9 Å². The van der Waals surface area contributed by atoms with Crippen LogP contribution < -0.4 is 9.64 Å². The lowest BCUT2D eigenvalue weighted by Crippen LogP contribution is -2.53. The molecule has 5 atom stereocenters. The van der Waals surface area contributed by atoms with Crippen molar-refractivity contribution in [2.45, 2.75) is 65.0 Å². The van der Waals surface area contributed by atoms with Crippen molar-refractivity contribution in [3.8, 4) is 5.75 Å². The van der Waals surface area contributed by atoms with E-state index in [2.05, 4.69) is 42.7 Å². The van der Waals surface area contributed by atoms with Crippen molar-refractivity contribution in [1.29, 1.82) is 0 Å². The number of ether oxygens (including phenoxy) is 2. The zero-order valence-corrected chi connectivity index (χ0v) is 20.1. The van der Waals surface area contributed by atoms with E-state index in [4.69, 9.17) is 9.47 Å². The van der Waals surface area contributed by atoms with Gasteiger partial charge in [-0.05, 0) is 75.6 Å². The van der Waals surface area contributed by atoms with Gasteiger partial charge in [-0.1, -0.05) is 18.1 Å². The molecule has 0 radical (unpaired) electrons. The number of allylic oxidation sites excluding steroid dienone is 2. The summed E-state index contributed by atoms with van der Waals surface area (Å²) in [7, 11) is 1.70. The van der Waals surface area contributed by atoms with Crippen molar-refractivity contribution in [2.75, 3.05) is 38.2 Å². The summed E-state index contributed by atoms with van der Waals surface area (Å²) < 4.78 is 11.3. The predicted molar refractivity (Wildman–Crippen MR) is 127 cm³/mol.